The molecule has 1 aromatic rings. The molecule has 2 atom stereocenters. The lowest BCUT2D eigenvalue weighted by atomic mass is 10.1. The molecule has 0 aliphatic carbocycles. The molecule has 104 valence electrons. The highest BCUT2D eigenvalue weighted by molar-refractivity contribution is 8.00. The summed E-state index contributed by atoms with van der Waals surface area (Å²) in [7, 11) is 0. The molecule has 1 heterocycles. The molecule has 2 nitrogen and oxygen atoms in total. The zero-order chi connectivity index (χ0) is 13.8. The Balaban J connectivity index is 1.84. The van der Waals surface area contributed by atoms with Crippen molar-refractivity contribution in [3.63, 3.8) is 0 Å². The topological polar surface area (TPSA) is 20.3 Å². The summed E-state index contributed by atoms with van der Waals surface area (Å²) in [6, 6.07) is 5.81. The van der Waals surface area contributed by atoms with Gasteiger partial charge in [-0.05, 0) is 24.3 Å². The number of ketones is 1. The fourth-order valence-corrected chi connectivity index (χ4v) is 3.89. The number of benzene rings is 1. The second-order valence-electron chi connectivity index (χ2n) is 5.20. The average Bonchev–Trinajstić information content (AvgIpc) is 2.36. The molecule has 2 unspecified atom stereocenters. The van der Waals surface area contributed by atoms with Crippen molar-refractivity contribution >= 4 is 17.5 Å². The van der Waals surface area contributed by atoms with Crippen LogP contribution in [0.2, 0.25) is 0 Å². The third-order valence-corrected chi connectivity index (χ3v) is 4.54. The molecule has 1 saturated heterocycles. The van der Waals surface area contributed by atoms with Crippen LogP contribution in [0.1, 0.15) is 30.6 Å². The molecule has 19 heavy (non-hydrogen) atoms. The van der Waals surface area contributed by atoms with Gasteiger partial charge in [0.15, 0.2) is 5.78 Å². The van der Waals surface area contributed by atoms with E-state index >= 15 is 0 Å². The van der Waals surface area contributed by atoms with E-state index in [4.69, 9.17) is 0 Å². The third kappa shape index (κ3) is 4.32. The molecule has 0 radical (unpaired) electrons. The summed E-state index contributed by atoms with van der Waals surface area (Å²) in [5, 5.41) is 1.26. The van der Waals surface area contributed by atoms with Gasteiger partial charge in [-0.3, -0.25) is 4.79 Å². The van der Waals surface area contributed by atoms with Gasteiger partial charge in [0.1, 0.15) is 5.82 Å². The number of carbonyl (C=O) groups excluding carboxylic acids is 1. The van der Waals surface area contributed by atoms with Crippen LogP contribution in [0.4, 0.5) is 4.39 Å². The van der Waals surface area contributed by atoms with E-state index in [1.54, 1.807) is 12.1 Å². The van der Waals surface area contributed by atoms with Gasteiger partial charge in [-0.2, -0.15) is 11.8 Å². The highest BCUT2D eigenvalue weighted by Crippen LogP contribution is 2.24. The minimum atomic E-state index is -0.299. The maximum Gasteiger partial charge on any atom is 0.164 e. The molecule has 1 aromatic carbocycles. The Bertz CT molecular complexity index is 424. The fourth-order valence-electron chi connectivity index (χ4n) is 2.51. The van der Waals surface area contributed by atoms with E-state index in [1.165, 1.54) is 12.1 Å². The monoisotopic (exact) mass is 281 g/mol. The lowest BCUT2D eigenvalue weighted by molar-refractivity contribution is 0.0963. The number of thioether (sulfide) groups is 1. The Labute approximate surface area is 118 Å². The zero-order valence-electron chi connectivity index (χ0n) is 11.4. The second-order valence-corrected chi connectivity index (χ2v) is 7.08. The van der Waals surface area contributed by atoms with E-state index in [0.717, 1.165) is 19.6 Å². The van der Waals surface area contributed by atoms with E-state index in [1.807, 2.05) is 11.8 Å². The first-order valence-electron chi connectivity index (χ1n) is 6.71. The third-order valence-electron chi connectivity index (χ3n) is 3.32. The van der Waals surface area contributed by atoms with Gasteiger partial charge in [0, 0.05) is 42.1 Å². The van der Waals surface area contributed by atoms with Crippen molar-refractivity contribution in [3.8, 4) is 0 Å². The van der Waals surface area contributed by atoms with E-state index in [-0.39, 0.29) is 11.6 Å². The normalized spacial score (nSPS) is 24.4. The first-order chi connectivity index (χ1) is 9.04. The molecule has 1 aliphatic heterocycles. The van der Waals surface area contributed by atoms with Gasteiger partial charge in [-0.1, -0.05) is 13.8 Å². The number of hydrogen-bond acceptors (Lipinski definition) is 3. The number of halogens is 1. The summed E-state index contributed by atoms with van der Waals surface area (Å²) in [6.07, 6.45) is 0.510. The predicted molar refractivity (Wildman–Crippen MR) is 78.3 cm³/mol. The average molecular weight is 281 g/mol. The molecule has 1 fully saturated rings. The predicted octanol–water partition coefficient (Wildman–Crippen LogP) is 3.22. The summed E-state index contributed by atoms with van der Waals surface area (Å²) in [6.45, 7) is 7.35. The van der Waals surface area contributed by atoms with Gasteiger partial charge >= 0.3 is 0 Å². The van der Waals surface area contributed by atoms with Crippen LogP contribution in [-0.4, -0.2) is 40.8 Å². The largest absolute Gasteiger partial charge is 0.301 e. The minimum Gasteiger partial charge on any atom is -0.301 e. The van der Waals surface area contributed by atoms with Gasteiger partial charge in [0.05, 0.1) is 0 Å². The van der Waals surface area contributed by atoms with Crippen molar-refractivity contribution < 1.29 is 9.18 Å². The molecule has 4 heteroatoms. The van der Waals surface area contributed by atoms with Crippen LogP contribution in [0, 0.1) is 5.82 Å². The van der Waals surface area contributed by atoms with Gasteiger partial charge in [0.25, 0.3) is 0 Å². The Morgan fingerprint density at radius 3 is 2.42 bits per heavy atom. The zero-order valence-corrected chi connectivity index (χ0v) is 12.3. The summed E-state index contributed by atoms with van der Waals surface area (Å²) >= 11 is 2.01. The molecule has 0 bridgehead atoms. The van der Waals surface area contributed by atoms with E-state index in [2.05, 4.69) is 18.7 Å². The van der Waals surface area contributed by atoms with Crippen molar-refractivity contribution in [1.82, 2.24) is 4.90 Å². The van der Waals surface area contributed by atoms with Crippen molar-refractivity contribution in [2.45, 2.75) is 30.8 Å². The summed E-state index contributed by atoms with van der Waals surface area (Å²) in [5.41, 5.74) is 0.605. The standard InChI is InChI=1S/C15H20FNOS/c1-11-9-17(10-12(2)19-11)8-7-15(18)13-3-5-14(16)6-4-13/h3-6,11-12H,7-10H2,1-2H3. The van der Waals surface area contributed by atoms with Crippen LogP contribution in [-0.2, 0) is 0 Å². The highest BCUT2D eigenvalue weighted by atomic mass is 32.2. The fraction of sp³-hybridized carbons (Fsp3) is 0.533. The summed E-state index contributed by atoms with van der Waals surface area (Å²) in [5.74, 6) is -0.203. The van der Waals surface area contributed by atoms with Gasteiger partial charge in [0.2, 0.25) is 0 Å². The molecular formula is C15H20FNOS. The minimum absolute atomic E-state index is 0.0959. The number of Topliss-reactive ketones (excluding diaryl/α,β-unsaturated/α-hetero) is 1. The van der Waals surface area contributed by atoms with Crippen LogP contribution in [0.15, 0.2) is 24.3 Å². The second kappa shape index (κ2) is 6.53. The van der Waals surface area contributed by atoms with Gasteiger partial charge in [-0.25, -0.2) is 4.39 Å². The molecule has 0 amide bonds. The van der Waals surface area contributed by atoms with Gasteiger partial charge < -0.3 is 4.90 Å². The maximum atomic E-state index is 12.8. The smallest absolute Gasteiger partial charge is 0.164 e. The van der Waals surface area contributed by atoms with Crippen molar-refractivity contribution in [3.05, 3.63) is 35.6 Å². The Kier molecular flexibility index (Phi) is 4.99. The molecule has 2 rings (SSSR count). The number of rotatable bonds is 4. The number of carbonyl (C=O) groups is 1. The van der Waals surface area contributed by atoms with Crippen molar-refractivity contribution in [2.75, 3.05) is 19.6 Å². The SMILES string of the molecule is CC1CN(CCC(=O)c2ccc(F)cc2)CC(C)S1. The van der Waals surface area contributed by atoms with Crippen molar-refractivity contribution in [1.29, 1.82) is 0 Å². The Morgan fingerprint density at radius 1 is 1.26 bits per heavy atom. The van der Waals surface area contributed by atoms with Gasteiger partial charge in [-0.15, -0.1) is 0 Å². The quantitative estimate of drug-likeness (QED) is 0.790. The maximum absolute atomic E-state index is 12.8. The Hall–Kier alpha value is -0.870. The van der Waals surface area contributed by atoms with E-state index in [0.29, 0.717) is 22.5 Å². The van der Waals surface area contributed by atoms with Crippen LogP contribution in [0.3, 0.4) is 0 Å². The first-order valence-corrected chi connectivity index (χ1v) is 7.65. The van der Waals surface area contributed by atoms with Crippen molar-refractivity contribution in [2.24, 2.45) is 0 Å². The number of nitrogens with zero attached hydrogens (tertiary/aromatic N) is 1. The van der Waals surface area contributed by atoms with Crippen LogP contribution >= 0.6 is 11.8 Å². The first kappa shape index (κ1) is 14.5. The molecule has 0 saturated carbocycles. The van der Waals surface area contributed by atoms with E-state index < -0.39 is 0 Å². The van der Waals surface area contributed by atoms with E-state index in [9.17, 15) is 9.18 Å². The van der Waals surface area contributed by atoms with Crippen LogP contribution in [0.25, 0.3) is 0 Å². The summed E-state index contributed by atoms with van der Waals surface area (Å²) < 4.78 is 12.8. The molecule has 0 N–H and O–H groups in total. The summed E-state index contributed by atoms with van der Waals surface area (Å²) in [4.78, 5) is 14.4. The lowest BCUT2D eigenvalue weighted by Gasteiger charge is -2.34. The van der Waals surface area contributed by atoms with Crippen LogP contribution < -0.4 is 0 Å². The van der Waals surface area contributed by atoms with Crippen LogP contribution in [0.5, 0.6) is 0 Å². The molecule has 0 aromatic heterocycles. The molecule has 0 spiro atoms. The highest BCUT2D eigenvalue weighted by Gasteiger charge is 2.22. The molecule has 1 aliphatic rings. The lowest BCUT2D eigenvalue weighted by Crippen LogP contribution is -2.41. The Morgan fingerprint density at radius 2 is 1.84 bits per heavy atom. The number of hydrogen-bond donors (Lipinski definition) is 0. The molecular weight excluding hydrogens is 261 g/mol.